The summed E-state index contributed by atoms with van der Waals surface area (Å²) in [6.07, 6.45) is 0.592. The Labute approximate surface area is 208 Å². The second-order valence-electron chi connectivity index (χ2n) is 7.89. The number of nitrogens with one attached hydrogen (secondary N) is 2. The normalized spacial score (nSPS) is 11.1. The fraction of sp³-hybridized carbons (Fsp3) is 0.0741. The average Bonchev–Trinajstić information content (AvgIpc) is 2.82. The molecule has 7 heteroatoms. The van der Waals surface area contributed by atoms with E-state index in [1.165, 1.54) is 0 Å². The number of hydrogen-bond acceptors (Lipinski definition) is 3. The molecule has 0 saturated heterocycles. The molecule has 4 rings (SSSR count). The molecule has 0 aromatic heterocycles. The van der Waals surface area contributed by atoms with Crippen LogP contribution in [0, 0.1) is 6.92 Å². The molecule has 0 aliphatic heterocycles. The first-order chi connectivity index (χ1) is 16.3. The summed E-state index contributed by atoms with van der Waals surface area (Å²) >= 11 is 3.34. The third-order valence-electron chi connectivity index (χ3n) is 5.27. The highest BCUT2D eigenvalue weighted by Gasteiger charge is 2.21. The number of rotatable bonds is 7. The number of benzene rings is 4. The van der Waals surface area contributed by atoms with Gasteiger partial charge in [-0.1, -0.05) is 70.5 Å². The molecule has 0 unspecified atom stereocenters. The van der Waals surface area contributed by atoms with Gasteiger partial charge in [0.25, 0.3) is 15.9 Å². The third kappa shape index (κ3) is 5.73. The van der Waals surface area contributed by atoms with Crippen LogP contribution in [-0.4, -0.2) is 14.3 Å². The molecular weight excluding hydrogens is 512 g/mol. The van der Waals surface area contributed by atoms with Crippen molar-refractivity contribution in [1.29, 1.82) is 0 Å². The fourth-order valence-corrected chi connectivity index (χ4v) is 5.15. The largest absolute Gasteiger partial charge is 0.321 e. The highest BCUT2D eigenvalue weighted by molar-refractivity contribution is 9.10. The van der Waals surface area contributed by atoms with E-state index in [2.05, 4.69) is 26.0 Å². The summed E-state index contributed by atoms with van der Waals surface area (Å²) in [5.41, 5.74) is 3.84. The number of carbonyl (C=O) groups is 1. The van der Waals surface area contributed by atoms with Gasteiger partial charge in [0.05, 0.1) is 5.69 Å². The second-order valence-corrected chi connectivity index (χ2v) is 10.5. The van der Waals surface area contributed by atoms with Crippen molar-refractivity contribution in [3.63, 3.8) is 0 Å². The van der Waals surface area contributed by atoms with Gasteiger partial charge >= 0.3 is 0 Å². The Morgan fingerprint density at radius 3 is 2.26 bits per heavy atom. The molecule has 2 N–H and O–H groups in total. The van der Waals surface area contributed by atoms with Gasteiger partial charge in [-0.2, -0.15) is 0 Å². The standard InChI is InChI=1S/C27H23BrN2O3S/c1-19-11-16-25(26(17-19)34(32,33)30-23-14-12-22(28)13-15-23)29-27(31)24-10-6-5-9-21(24)18-20-7-3-2-4-8-20/h2-17,30H,18H2,1H3,(H,29,31). The van der Waals surface area contributed by atoms with Gasteiger partial charge in [0.15, 0.2) is 0 Å². The third-order valence-corrected chi connectivity index (χ3v) is 7.22. The average molecular weight is 535 g/mol. The SMILES string of the molecule is Cc1ccc(NC(=O)c2ccccc2Cc2ccccc2)c(S(=O)(=O)Nc2ccc(Br)cc2)c1. The van der Waals surface area contributed by atoms with E-state index < -0.39 is 10.0 Å². The minimum absolute atomic E-state index is 0.00399. The first-order valence-electron chi connectivity index (χ1n) is 10.6. The maximum Gasteiger partial charge on any atom is 0.263 e. The molecule has 0 aliphatic rings. The van der Waals surface area contributed by atoms with Gasteiger partial charge < -0.3 is 5.32 Å². The van der Waals surface area contributed by atoms with Crippen LogP contribution in [0.25, 0.3) is 0 Å². The van der Waals surface area contributed by atoms with Gasteiger partial charge in [-0.05, 0) is 72.5 Å². The van der Waals surface area contributed by atoms with Crippen molar-refractivity contribution in [2.45, 2.75) is 18.2 Å². The monoisotopic (exact) mass is 534 g/mol. The number of aryl methyl sites for hydroxylation is 1. The van der Waals surface area contributed by atoms with Crippen molar-refractivity contribution in [2.75, 3.05) is 10.0 Å². The van der Waals surface area contributed by atoms with Gasteiger partial charge in [0.1, 0.15) is 4.90 Å². The highest BCUT2D eigenvalue weighted by Crippen LogP contribution is 2.27. The quantitative estimate of drug-likeness (QED) is 0.288. The molecule has 0 aliphatic carbocycles. The molecule has 0 atom stereocenters. The summed E-state index contributed by atoms with van der Waals surface area (Å²) in [6, 6.07) is 29.0. The molecule has 0 fully saturated rings. The smallest absolute Gasteiger partial charge is 0.263 e. The Kier molecular flexibility index (Phi) is 7.14. The lowest BCUT2D eigenvalue weighted by atomic mass is 9.99. The van der Waals surface area contributed by atoms with Crippen LogP contribution in [0.3, 0.4) is 0 Å². The highest BCUT2D eigenvalue weighted by atomic mass is 79.9. The lowest BCUT2D eigenvalue weighted by Gasteiger charge is -2.15. The number of amides is 1. The molecule has 34 heavy (non-hydrogen) atoms. The first kappa shape index (κ1) is 23.7. The zero-order valence-corrected chi connectivity index (χ0v) is 20.9. The van der Waals surface area contributed by atoms with E-state index in [9.17, 15) is 13.2 Å². The number of carbonyl (C=O) groups excluding carboxylic acids is 1. The summed E-state index contributed by atoms with van der Waals surface area (Å²) in [4.78, 5) is 13.3. The summed E-state index contributed by atoms with van der Waals surface area (Å²) in [5, 5.41) is 2.82. The molecule has 1 amide bonds. The Bertz CT molecular complexity index is 1420. The molecular formula is C27H23BrN2O3S. The Morgan fingerprint density at radius 1 is 0.853 bits per heavy atom. The van der Waals surface area contributed by atoms with Crippen LogP contribution in [0.4, 0.5) is 11.4 Å². The maximum atomic E-state index is 13.3. The number of sulfonamides is 1. The lowest BCUT2D eigenvalue weighted by molar-refractivity contribution is 0.102. The molecule has 4 aromatic rings. The van der Waals surface area contributed by atoms with E-state index in [0.29, 0.717) is 17.7 Å². The fourth-order valence-electron chi connectivity index (χ4n) is 3.58. The van der Waals surface area contributed by atoms with Crippen molar-refractivity contribution in [3.8, 4) is 0 Å². The van der Waals surface area contributed by atoms with E-state index in [0.717, 1.165) is 21.2 Å². The van der Waals surface area contributed by atoms with Crippen molar-refractivity contribution in [2.24, 2.45) is 0 Å². The number of anilines is 2. The van der Waals surface area contributed by atoms with E-state index >= 15 is 0 Å². The molecule has 0 radical (unpaired) electrons. The Balaban J connectivity index is 1.63. The number of halogens is 1. The van der Waals surface area contributed by atoms with Gasteiger partial charge in [-0.25, -0.2) is 8.42 Å². The Hall–Kier alpha value is -3.42. The van der Waals surface area contributed by atoms with Crippen molar-refractivity contribution >= 4 is 43.2 Å². The lowest BCUT2D eigenvalue weighted by Crippen LogP contribution is -2.19. The molecule has 0 heterocycles. The molecule has 4 aromatic carbocycles. The molecule has 5 nitrogen and oxygen atoms in total. The summed E-state index contributed by atoms with van der Waals surface area (Å²) in [7, 11) is -3.95. The Morgan fingerprint density at radius 2 is 1.53 bits per heavy atom. The van der Waals surface area contributed by atoms with Crippen molar-refractivity contribution in [3.05, 3.63) is 124 Å². The zero-order valence-electron chi connectivity index (χ0n) is 18.5. The van der Waals surface area contributed by atoms with E-state index in [1.807, 2.05) is 42.5 Å². The van der Waals surface area contributed by atoms with E-state index in [4.69, 9.17) is 0 Å². The van der Waals surface area contributed by atoms with Crippen LogP contribution < -0.4 is 10.0 Å². The van der Waals surface area contributed by atoms with Crippen LogP contribution >= 0.6 is 15.9 Å². The topological polar surface area (TPSA) is 75.3 Å². The molecule has 0 bridgehead atoms. The summed E-state index contributed by atoms with van der Waals surface area (Å²) in [5.74, 6) is -0.365. The van der Waals surface area contributed by atoms with Gasteiger partial charge in [-0.15, -0.1) is 0 Å². The van der Waals surface area contributed by atoms with Crippen LogP contribution in [-0.2, 0) is 16.4 Å². The summed E-state index contributed by atoms with van der Waals surface area (Å²) in [6.45, 7) is 1.80. The van der Waals surface area contributed by atoms with Crippen LogP contribution in [0.2, 0.25) is 0 Å². The van der Waals surface area contributed by atoms with Gasteiger partial charge in [-0.3, -0.25) is 9.52 Å². The van der Waals surface area contributed by atoms with Crippen LogP contribution in [0.5, 0.6) is 0 Å². The minimum atomic E-state index is -3.95. The first-order valence-corrected chi connectivity index (χ1v) is 12.9. The van der Waals surface area contributed by atoms with Crippen LogP contribution in [0.1, 0.15) is 27.0 Å². The molecule has 0 saturated carbocycles. The predicted octanol–water partition coefficient (Wildman–Crippen LogP) is 6.40. The molecule has 172 valence electrons. The van der Waals surface area contributed by atoms with Crippen molar-refractivity contribution < 1.29 is 13.2 Å². The van der Waals surface area contributed by atoms with Gasteiger partial charge in [0.2, 0.25) is 0 Å². The maximum absolute atomic E-state index is 13.3. The predicted molar refractivity (Wildman–Crippen MR) is 140 cm³/mol. The van der Waals surface area contributed by atoms with Gasteiger partial charge in [0, 0.05) is 15.7 Å². The zero-order chi connectivity index (χ0) is 24.1. The van der Waals surface area contributed by atoms with E-state index in [-0.39, 0.29) is 16.5 Å². The second kappa shape index (κ2) is 10.2. The number of hydrogen-bond donors (Lipinski definition) is 2. The van der Waals surface area contributed by atoms with Crippen LogP contribution in [0.15, 0.2) is 106 Å². The molecule has 0 spiro atoms. The minimum Gasteiger partial charge on any atom is -0.321 e. The summed E-state index contributed by atoms with van der Waals surface area (Å²) < 4.78 is 29.9. The van der Waals surface area contributed by atoms with Crippen molar-refractivity contribution in [1.82, 2.24) is 0 Å². The van der Waals surface area contributed by atoms with E-state index in [1.54, 1.807) is 61.5 Å².